The summed E-state index contributed by atoms with van der Waals surface area (Å²) in [5.74, 6) is -5.87. The van der Waals surface area contributed by atoms with E-state index in [4.69, 9.17) is 10.2 Å². The van der Waals surface area contributed by atoms with Crippen LogP contribution in [0.2, 0.25) is 0 Å². The van der Waals surface area contributed by atoms with Gasteiger partial charge < -0.3 is 20.1 Å². The van der Waals surface area contributed by atoms with E-state index in [9.17, 15) is 24.3 Å². The van der Waals surface area contributed by atoms with Crippen molar-refractivity contribution in [3.05, 3.63) is 35.9 Å². The SMILES string of the molecule is O=C(O)CC(O)(CC(=O)OC(=O)c1ccccc1)C(=O)O.[NaH]. The van der Waals surface area contributed by atoms with Crippen LogP contribution in [0.5, 0.6) is 0 Å². The number of hydrogen-bond donors (Lipinski definition) is 3. The van der Waals surface area contributed by atoms with E-state index in [0.29, 0.717) is 0 Å². The molecule has 0 bridgehead atoms. The Hall–Kier alpha value is -1.74. The van der Waals surface area contributed by atoms with Crippen molar-refractivity contribution in [2.24, 2.45) is 0 Å². The number of carbonyl (C=O) groups is 4. The van der Waals surface area contributed by atoms with Gasteiger partial charge in [-0.15, -0.1) is 0 Å². The number of esters is 2. The van der Waals surface area contributed by atoms with Crippen molar-refractivity contribution in [3.8, 4) is 0 Å². The van der Waals surface area contributed by atoms with E-state index >= 15 is 0 Å². The van der Waals surface area contributed by atoms with Crippen LogP contribution in [0, 0.1) is 0 Å². The van der Waals surface area contributed by atoms with E-state index in [1.807, 2.05) is 0 Å². The molecule has 1 aromatic rings. The average molecular weight is 320 g/mol. The summed E-state index contributed by atoms with van der Waals surface area (Å²) in [4.78, 5) is 44.4. The van der Waals surface area contributed by atoms with Crippen LogP contribution in [-0.2, 0) is 19.1 Å². The second-order valence-corrected chi connectivity index (χ2v) is 4.21. The van der Waals surface area contributed by atoms with Crippen molar-refractivity contribution >= 4 is 53.4 Å². The van der Waals surface area contributed by atoms with Crippen LogP contribution in [0.1, 0.15) is 23.2 Å². The maximum absolute atomic E-state index is 11.5. The molecule has 8 nitrogen and oxygen atoms in total. The van der Waals surface area contributed by atoms with Crippen LogP contribution in [0.3, 0.4) is 0 Å². The molecule has 0 radical (unpaired) electrons. The van der Waals surface area contributed by atoms with Crippen molar-refractivity contribution in [3.63, 3.8) is 0 Å². The molecule has 1 unspecified atom stereocenters. The number of aliphatic hydroxyl groups is 1. The first-order chi connectivity index (χ1) is 9.74. The normalized spacial score (nSPS) is 12.4. The number of benzene rings is 1. The van der Waals surface area contributed by atoms with Crippen LogP contribution in [-0.4, -0.2) is 74.4 Å². The van der Waals surface area contributed by atoms with Gasteiger partial charge in [-0.3, -0.25) is 9.59 Å². The van der Waals surface area contributed by atoms with Crippen molar-refractivity contribution in [2.75, 3.05) is 0 Å². The predicted molar refractivity (Wildman–Crippen MR) is 73.5 cm³/mol. The molecule has 1 aromatic carbocycles. The maximum atomic E-state index is 11.5. The molecule has 0 spiro atoms. The summed E-state index contributed by atoms with van der Waals surface area (Å²) < 4.78 is 4.37. The Morgan fingerprint density at radius 1 is 1.00 bits per heavy atom. The Morgan fingerprint density at radius 2 is 1.55 bits per heavy atom. The molecule has 9 heteroatoms. The molecule has 0 aliphatic carbocycles. The fraction of sp³-hybridized carbons (Fsp3) is 0.231. The first-order valence-corrected chi connectivity index (χ1v) is 5.72. The molecular weight excluding hydrogens is 307 g/mol. The molecule has 1 atom stereocenters. The Balaban J connectivity index is 0.00000441. The fourth-order valence-corrected chi connectivity index (χ4v) is 1.48. The van der Waals surface area contributed by atoms with Gasteiger partial charge in [0.15, 0.2) is 5.60 Å². The molecule has 0 aliphatic heterocycles. The number of carboxylic acid groups (broad SMARTS) is 2. The number of ether oxygens (including phenoxy) is 1. The van der Waals surface area contributed by atoms with Crippen molar-refractivity contribution in [1.29, 1.82) is 0 Å². The Labute approximate surface area is 147 Å². The Bertz CT molecular complexity index is 571. The minimum absolute atomic E-state index is 0. The number of aliphatic carboxylic acids is 2. The molecule has 3 N–H and O–H groups in total. The van der Waals surface area contributed by atoms with Gasteiger partial charge in [-0.2, -0.15) is 0 Å². The van der Waals surface area contributed by atoms with Gasteiger partial charge >= 0.3 is 53.4 Å². The zero-order valence-electron chi connectivity index (χ0n) is 10.7. The van der Waals surface area contributed by atoms with E-state index in [-0.39, 0.29) is 35.1 Å². The summed E-state index contributed by atoms with van der Waals surface area (Å²) in [6.07, 6.45) is -2.36. The molecular formula is C13H13NaO8. The van der Waals surface area contributed by atoms with E-state index < -0.39 is 42.3 Å². The number of hydrogen-bond acceptors (Lipinski definition) is 6. The molecule has 0 aromatic heterocycles. The van der Waals surface area contributed by atoms with E-state index in [0.717, 1.165) is 0 Å². The zero-order valence-corrected chi connectivity index (χ0v) is 10.7. The summed E-state index contributed by atoms with van der Waals surface area (Å²) in [6, 6.07) is 7.43. The zero-order chi connectivity index (χ0) is 16.0. The average Bonchev–Trinajstić information content (AvgIpc) is 2.38. The molecule has 0 saturated carbocycles. The van der Waals surface area contributed by atoms with Crippen LogP contribution in [0.4, 0.5) is 0 Å². The minimum atomic E-state index is -2.83. The van der Waals surface area contributed by atoms with Gasteiger partial charge in [0, 0.05) is 0 Å². The van der Waals surface area contributed by atoms with Gasteiger partial charge in [0.1, 0.15) is 0 Å². The quantitative estimate of drug-likeness (QED) is 0.359. The molecule has 1 rings (SSSR count). The summed E-state index contributed by atoms with van der Waals surface area (Å²) >= 11 is 0. The fourth-order valence-electron chi connectivity index (χ4n) is 1.48. The molecule has 114 valence electrons. The van der Waals surface area contributed by atoms with E-state index in [1.165, 1.54) is 24.3 Å². The summed E-state index contributed by atoms with van der Waals surface area (Å²) in [7, 11) is 0. The van der Waals surface area contributed by atoms with Crippen LogP contribution >= 0.6 is 0 Å². The third-order valence-electron chi connectivity index (χ3n) is 2.49. The molecule has 0 saturated heterocycles. The third kappa shape index (κ3) is 5.94. The summed E-state index contributed by atoms with van der Waals surface area (Å²) in [5.41, 5.74) is -2.78. The van der Waals surface area contributed by atoms with Gasteiger partial charge in [0.25, 0.3) is 0 Å². The first-order valence-electron chi connectivity index (χ1n) is 5.72. The summed E-state index contributed by atoms with van der Waals surface area (Å²) in [6.45, 7) is 0. The van der Waals surface area contributed by atoms with Crippen LogP contribution in [0.25, 0.3) is 0 Å². The predicted octanol–water partition coefficient (Wildman–Crippen LogP) is -0.598. The van der Waals surface area contributed by atoms with Gasteiger partial charge in [0.05, 0.1) is 18.4 Å². The number of rotatable bonds is 6. The standard InChI is InChI=1S/C13H12O8.Na.H/c14-9(15)6-13(20,12(18)19)7-10(16)21-11(17)8-4-2-1-3-5-8;;/h1-5,20H,6-7H2,(H,14,15)(H,18,19);;. The number of carboxylic acids is 2. The van der Waals surface area contributed by atoms with Crippen molar-refractivity contribution in [1.82, 2.24) is 0 Å². The molecule has 0 fully saturated rings. The van der Waals surface area contributed by atoms with E-state index in [2.05, 4.69) is 4.74 Å². The van der Waals surface area contributed by atoms with Crippen LogP contribution in [0.15, 0.2) is 30.3 Å². The van der Waals surface area contributed by atoms with Crippen molar-refractivity contribution < 1.29 is 39.2 Å². The monoisotopic (exact) mass is 320 g/mol. The second-order valence-electron chi connectivity index (χ2n) is 4.21. The van der Waals surface area contributed by atoms with E-state index in [1.54, 1.807) is 6.07 Å². The summed E-state index contributed by atoms with van der Waals surface area (Å²) in [5, 5.41) is 26.9. The van der Waals surface area contributed by atoms with Gasteiger partial charge in [-0.1, -0.05) is 18.2 Å². The second kappa shape index (κ2) is 8.64. The third-order valence-corrected chi connectivity index (χ3v) is 2.49. The van der Waals surface area contributed by atoms with Gasteiger partial charge in [-0.05, 0) is 12.1 Å². The molecule has 22 heavy (non-hydrogen) atoms. The topological polar surface area (TPSA) is 138 Å². The van der Waals surface area contributed by atoms with Crippen molar-refractivity contribution in [2.45, 2.75) is 18.4 Å². The van der Waals surface area contributed by atoms with Gasteiger partial charge in [-0.25, -0.2) is 9.59 Å². The molecule has 0 aliphatic rings. The molecule has 0 amide bonds. The Kier molecular flexibility index (Phi) is 7.96. The number of carbonyl (C=O) groups excluding carboxylic acids is 2. The molecule has 0 heterocycles. The van der Waals surface area contributed by atoms with Gasteiger partial charge in [0.2, 0.25) is 0 Å². The van der Waals surface area contributed by atoms with Crippen LogP contribution < -0.4 is 0 Å². The first kappa shape index (κ1) is 20.3. The Morgan fingerprint density at radius 3 is 2.00 bits per heavy atom.